The highest BCUT2D eigenvalue weighted by Gasteiger charge is 2.20. The molecule has 1 fully saturated rings. The lowest BCUT2D eigenvalue weighted by Gasteiger charge is -2.37. The fraction of sp³-hybridized carbons (Fsp3) is 0.280. The van der Waals surface area contributed by atoms with E-state index < -0.39 is 0 Å². The van der Waals surface area contributed by atoms with Gasteiger partial charge in [-0.3, -0.25) is 9.79 Å². The van der Waals surface area contributed by atoms with E-state index >= 15 is 0 Å². The zero-order valence-corrected chi connectivity index (χ0v) is 21.7. The van der Waals surface area contributed by atoms with Gasteiger partial charge in [-0.1, -0.05) is 18.2 Å². The molecule has 0 unspecified atom stereocenters. The van der Waals surface area contributed by atoms with Gasteiger partial charge >= 0.3 is 0 Å². The third-order valence-electron chi connectivity index (χ3n) is 5.59. The molecule has 4 rings (SSSR count). The summed E-state index contributed by atoms with van der Waals surface area (Å²) in [6.45, 7) is 4.16. The van der Waals surface area contributed by atoms with Crippen LogP contribution < -0.4 is 20.3 Å². The number of ether oxygens (including phenoxy) is 1. The zero-order chi connectivity index (χ0) is 23.0. The first kappa shape index (κ1) is 25.4. The highest BCUT2D eigenvalue weighted by Crippen LogP contribution is 2.22. The molecule has 9 heteroatoms. The second-order valence-corrected chi connectivity index (χ2v) is 7.71. The summed E-state index contributed by atoms with van der Waals surface area (Å²) in [5.74, 6) is 1.75. The molecular weight excluding hydrogens is 545 g/mol. The molecule has 0 atom stereocenters. The molecule has 1 saturated heterocycles. The number of aliphatic imine (C=N–C) groups is 1. The summed E-state index contributed by atoms with van der Waals surface area (Å²) in [6.07, 6.45) is 1.48. The topological polar surface area (TPSA) is 82.3 Å². The van der Waals surface area contributed by atoms with E-state index in [0.29, 0.717) is 6.54 Å². The van der Waals surface area contributed by atoms with Crippen LogP contribution in [0.1, 0.15) is 16.1 Å². The van der Waals surface area contributed by atoms with Gasteiger partial charge in [0, 0.05) is 57.2 Å². The van der Waals surface area contributed by atoms with Crippen LogP contribution in [0.4, 0.5) is 11.4 Å². The van der Waals surface area contributed by atoms with Gasteiger partial charge in [-0.2, -0.15) is 0 Å². The van der Waals surface area contributed by atoms with Gasteiger partial charge in [0.05, 0.1) is 13.4 Å². The monoisotopic (exact) mass is 575 g/mol. The second kappa shape index (κ2) is 12.3. The van der Waals surface area contributed by atoms with Crippen molar-refractivity contribution in [2.75, 3.05) is 50.6 Å². The standard InChI is InChI=1S/C25H29N5O3.HI/c1-26-25(30-13-11-29(12-14-30)21-8-4-9-22(17-21)32-2)27-18-19-6-3-7-20(16-19)28-24(31)23-10-5-15-33-23;/h3-10,15-17H,11-14,18H2,1-2H3,(H,26,27)(H,28,31);1H. The number of nitrogens with zero attached hydrogens (tertiary/aromatic N) is 3. The summed E-state index contributed by atoms with van der Waals surface area (Å²) in [4.78, 5) is 21.3. The molecule has 0 radical (unpaired) electrons. The van der Waals surface area contributed by atoms with Crippen molar-refractivity contribution in [2.24, 2.45) is 4.99 Å². The number of amides is 1. The summed E-state index contributed by atoms with van der Waals surface area (Å²) in [5.41, 5.74) is 2.94. The first-order chi connectivity index (χ1) is 16.2. The summed E-state index contributed by atoms with van der Waals surface area (Å²) in [7, 11) is 3.49. The Balaban J connectivity index is 0.00000324. The molecule has 2 heterocycles. The highest BCUT2D eigenvalue weighted by atomic mass is 127. The molecule has 1 aliphatic rings. The van der Waals surface area contributed by atoms with Gasteiger partial charge in [0.1, 0.15) is 5.75 Å². The van der Waals surface area contributed by atoms with Crippen LogP contribution in [-0.2, 0) is 6.54 Å². The van der Waals surface area contributed by atoms with Gasteiger partial charge in [0.25, 0.3) is 5.91 Å². The van der Waals surface area contributed by atoms with E-state index in [-0.39, 0.29) is 35.6 Å². The van der Waals surface area contributed by atoms with Crippen LogP contribution in [0.5, 0.6) is 5.75 Å². The van der Waals surface area contributed by atoms with Crippen LogP contribution in [-0.4, -0.2) is 57.1 Å². The predicted molar refractivity (Wildman–Crippen MR) is 145 cm³/mol. The lowest BCUT2D eigenvalue weighted by Crippen LogP contribution is -2.52. The SMILES string of the molecule is CN=C(NCc1cccc(NC(=O)c2ccco2)c1)N1CCN(c2cccc(OC)c2)CC1.I. The van der Waals surface area contributed by atoms with Gasteiger partial charge in [0.15, 0.2) is 11.7 Å². The van der Waals surface area contributed by atoms with Crippen LogP contribution in [0.3, 0.4) is 0 Å². The molecule has 1 amide bonds. The van der Waals surface area contributed by atoms with Crippen molar-refractivity contribution in [3.63, 3.8) is 0 Å². The highest BCUT2D eigenvalue weighted by molar-refractivity contribution is 14.0. The van der Waals surface area contributed by atoms with E-state index in [1.165, 1.54) is 12.0 Å². The molecule has 1 aliphatic heterocycles. The van der Waals surface area contributed by atoms with Gasteiger partial charge in [-0.05, 0) is 42.0 Å². The first-order valence-corrected chi connectivity index (χ1v) is 10.9. The maximum Gasteiger partial charge on any atom is 0.291 e. The molecule has 2 N–H and O–H groups in total. The number of guanidine groups is 1. The molecule has 0 aliphatic carbocycles. The Hall–Kier alpha value is -3.21. The Labute approximate surface area is 217 Å². The smallest absolute Gasteiger partial charge is 0.291 e. The fourth-order valence-corrected chi connectivity index (χ4v) is 3.86. The van der Waals surface area contributed by atoms with Gasteiger partial charge in [-0.25, -0.2) is 0 Å². The van der Waals surface area contributed by atoms with Crippen molar-refractivity contribution in [1.82, 2.24) is 10.2 Å². The van der Waals surface area contributed by atoms with Crippen molar-refractivity contribution in [2.45, 2.75) is 6.54 Å². The fourth-order valence-electron chi connectivity index (χ4n) is 3.86. The van der Waals surface area contributed by atoms with Crippen molar-refractivity contribution in [3.8, 4) is 5.75 Å². The lowest BCUT2D eigenvalue weighted by molar-refractivity contribution is 0.0996. The van der Waals surface area contributed by atoms with Crippen molar-refractivity contribution >= 4 is 47.2 Å². The number of hydrogen-bond acceptors (Lipinski definition) is 5. The third kappa shape index (κ3) is 6.43. The van der Waals surface area contributed by atoms with Gasteiger partial charge in [-0.15, -0.1) is 24.0 Å². The molecular formula is C25H30IN5O3. The Morgan fingerprint density at radius 1 is 1.06 bits per heavy atom. The van der Waals surface area contributed by atoms with Gasteiger partial charge in [0.2, 0.25) is 0 Å². The van der Waals surface area contributed by atoms with Crippen LogP contribution in [0.2, 0.25) is 0 Å². The van der Waals surface area contributed by atoms with E-state index in [2.05, 4.69) is 37.6 Å². The van der Waals surface area contributed by atoms with Crippen LogP contribution in [0.25, 0.3) is 0 Å². The maximum absolute atomic E-state index is 12.2. The number of piperazine rings is 1. The number of nitrogens with one attached hydrogen (secondary N) is 2. The number of benzene rings is 2. The minimum atomic E-state index is -0.269. The Bertz CT molecular complexity index is 1100. The minimum absolute atomic E-state index is 0. The minimum Gasteiger partial charge on any atom is -0.497 e. The molecule has 8 nitrogen and oxygen atoms in total. The number of carbonyl (C=O) groups excluding carboxylic acids is 1. The number of methoxy groups -OCH3 is 1. The number of anilines is 2. The largest absolute Gasteiger partial charge is 0.497 e. The maximum atomic E-state index is 12.2. The molecule has 34 heavy (non-hydrogen) atoms. The van der Waals surface area contributed by atoms with Crippen LogP contribution >= 0.6 is 24.0 Å². The molecule has 0 spiro atoms. The van der Waals surface area contributed by atoms with Crippen molar-refractivity contribution < 1.29 is 13.9 Å². The molecule has 2 aromatic carbocycles. The van der Waals surface area contributed by atoms with Crippen molar-refractivity contribution in [3.05, 3.63) is 78.3 Å². The molecule has 3 aromatic rings. The number of halogens is 1. The van der Waals surface area contributed by atoms with E-state index in [0.717, 1.165) is 49.1 Å². The molecule has 180 valence electrons. The summed E-state index contributed by atoms with van der Waals surface area (Å²) in [5, 5.41) is 6.31. The van der Waals surface area contributed by atoms with Crippen LogP contribution in [0.15, 0.2) is 76.3 Å². The van der Waals surface area contributed by atoms with E-state index in [4.69, 9.17) is 9.15 Å². The summed E-state index contributed by atoms with van der Waals surface area (Å²) >= 11 is 0. The summed E-state index contributed by atoms with van der Waals surface area (Å²) < 4.78 is 10.5. The van der Waals surface area contributed by atoms with Crippen molar-refractivity contribution in [1.29, 1.82) is 0 Å². The normalized spacial score (nSPS) is 13.8. The van der Waals surface area contributed by atoms with E-state index in [1.807, 2.05) is 36.4 Å². The second-order valence-electron chi connectivity index (χ2n) is 7.71. The first-order valence-electron chi connectivity index (χ1n) is 10.9. The number of carbonyl (C=O) groups is 1. The Morgan fingerprint density at radius 2 is 1.85 bits per heavy atom. The lowest BCUT2D eigenvalue weighted by atomic mass is 10.2. The molecule has 1 aromatic heterocycles. The van der Waals surface area contributed by atoms with Crippen LogP contribution in [0, 0.1) is 0 Å². The number of rotatable bonds is 6. The average Bonchev–Trinajstić information content (AvgIpc) is 3.40. The Morgan fingerprint density at radius 3 is 2.56 bits per heavy atom. The van der Waals surface area contributed by atoms with E-state index in [1.54, 1.807) is 26.3 Å². The predicted octanol–water partition coefficient (Wildman–Crippen LogP) is 4.06. The number of hydrogen-bond donors (Lipinski definition) is 2. The third-order valence-corrected chi connectivity index (χ3v) is 5.59. The Kier molecular flexibility index (Phi) is 9.20. The zero-order valence-electron chi connectivity index (χ0n) is 19.4. The number of furan rings is 1. The molecule has 0 bridgehead atoms. The van der Waals surface area contributed by atoms with E-state index in [9.17, 15) is 4.79 Å². The quantitative estimate of drug-likeness (QED) is 0.262. The average molecular weight is 575 g/mol. The summed E-state index contributed by atoms with van der Waals surface area (Å²) in [6, 6.07) is 19.2. The molecule has 0 saturated carbocycles. The van der Waals surface area contributed by atoms with Gasteiger partial charge < -0.3 is 29.6 Å².